The first-order valence-corrected chi connectivity index (χ1v) is 5.89. The Morgan fingerprint density at radius 2 is 1.94 bits per heavy atom. The van der Waals surface area contributed by atoms with E-state index in [-0.39, 0.29) is 0 Å². The Morgan fingerprint density at radius 1 is 1.35 bits per heavy atom. The van der Waals surface area contributed by atoms with Gasteiger partial charge >= 0.3 is 0 Å². The van der Waals surface area contributed by atoms with Gasteiger partial charge in [-0.3, -0.25) is 0 Å². The summed E-state index contributed by atoms with van der Waals surface area (Å²) in [5, 5.41) is 12.1. The minimum absolute atomic E-state index is 0.445. The average Bonchev–Trinajstić information content (AvgIpc) is 2.36. The van der Waals surface area contributed by atoms with Gasteiger partial charge in [-0.25, -0.2) is 0 Å². The van der Waals surface area contributed by atoms with Crippen molar-refractivity contribution in [2.75, 3.05) is 25.5 Å². The molecular weight excluding hydrogens is 210 g/mol. The second-order valence-electron chi connectivity index (χ2n) is 4.70. The monoisotopic (exact) mass is 231 g/mol. The Morgan fingerprint density at radius 3 is 2.41 bits per heavy atom. The highest BCUT2D eigenvalue weighted by Gasteiger charge is 2.21. The van der Waals surface area contributed by atoms with E-state index in [1.807, 2.05) is 14.0 Å². The van der Waals surface area contributed by atoms with Crippen molar-refractivity contribution >= 4 is 5.69 Å². The molecule has 3 nitrogen and oxygen atoms in total. The van der Waals surface area contributed by atoms with Gasteiger partial charge in [0.2, 0.25) is 0 Å². The van der Waals surface area contributed by atoms with Crippen molar-refractivity contribution in [3.63, 3.8) is 0 Å². The van der Waals surface area contributed by atoms with E-state index in [2.05, 4.69) is 54.5 Å². The van der Waals surface area contributed by atoms with E-state index in [0.717, 1.165) is 13.0 Å². The Kier molecular flexibility index (Phi) is 4.53. The smallest absolute Gasteiger partial charge is 0.105 e. The van der Waals surface area contributed by atoms with Crippen LogP contribution in [0.15, 0.2) is 24.3 Å². The van der Waals surface area contributed by atoms with Crippen molar-refractivity contribution in [3.05, 3.63) is 29.8 Å². The Labute approximate surface area is 104 Å². The molecular formula is C14H21N3. The first-order valence-electron chi connectivity index (χ1n) is 5.89. The Bertz CT molecular complexity index is 391. The van der Waals surface area contributed by atoms with Gasteiger partial charge < -0.3 is 10.2 Å². The molecule has 0 heterocycles. The van der Waals surface area contributed by atoms with E-state index in [1.165, 1.54) is 11.3 Å². The molecule has 0 fully saturated rings. The van der Waals surface area contributed by atoms with E-state index >= 15 is 0 Å². The lowest BCUT2D eigenvalue weighted by Crippen LogP contribution is -2.41. The molecule has 0 spiro atoms. The number of aryl methyl sites for hydroxylation is 1. The highest BCUT2D eigenvalue weighted by Crippen LogP contribution is 2.16. The largest absolute Gasteiger partial charge is 0.374 e. The summed E-state index contributed by atoms with van der Waals surface area (Å²) in [6.45, 7) is 4.86. The van der Waals surface area contributed by atoms with Crippen LogP contribution >= 0.6 is 0 Å². The average molecular weight is 231 g/mol. The van der Waals surface area contributed by atoms with Crippen molar-refractivity contribution < 1.29 is 0 Å². The topological polar surface area (TPSA) is 39.1 Å². The maximum Gasteiger partial charge on any atom is 0.105 e. The van der Waals surface area contributed by atoms with Crippen LogP contribution in [0.25, 0.3) is 0 Å². The van der Waals surface area contributed by atoms with Gasteiger partial charge in [-0.15, -0.1) is 0 Å². The zero-order valence-corrected chi connectivity index (χ0v) is 11.1. The van der Waals surface area contributed by atoms with Crippen molar-refractivity contribution in [1.82, 2.24) is 5.32 Å². The van der Waals surface area contributed by atoms with Crippen LogP contribution in [0.2, 0.25) is 0 Å². The molecule has 1 aromatic carbocycles. The van der Waals surface area contributed by atoms with Crippen molar-refractivity contribution in [2.24, 2.45) is 0 Å². The molecule has 0 bridgehead atoms. The first kappa shape index (κ1) is 13.5. The maximum atomic E-state index is 9.07. The number of benzene rings is 1. The van der Waals surface area contributed by atoms with Crippen LogP contribution in [0.4, 0.5) is 5.69 Å². The summed E-state index contributed by atoms with van der Waals surface area (Å²) >= 11 is 0. The molecule has 0 aliphatic carbocycles. The summed E-state index contributed by atoms with van der Waals surface area (Å²) in [4.78, 5) is 2.17. The highest BCUT2D eigenvalue weighted by atomic mass is 15.1. The van der Waals surface area contributed by atoms with Crippen LogP contribution in [0.1, 0.15) is 18.9 Å². The normalized spacial score (nSPS) is 13.8. The van der Waals surface area contributed by atoms with Gasteiger partial charge in [0.05, 0.1) is 6.07 Å². The van der Waals surface area contributed by atoms with Gasteiger partial charge in [0.1, 0.15) is 5.54 Å². The van der Waals surface area contributed by atoms with Gasteiger partial charge in [0, 0.05) is 19.3 Å². The Balaban J connectivity index is 2.59. The second kappa shape index (κ2) is 5.70. The van der Waals surface area contributed by atoms with E-state index in [1.54, 1.807) is 0 Å². The molecule has 0 amide bonds. The van der Waals surface area contributed by atoms with Crippen LogP contribution in [0, 0.1) is 18.3 Å². The summed E-state index contributed by atoms with van der Waals surface area (Å²) in [5.41, 5.74) is 2.00. The molecule has 17 heavy (non-hydrogen) atoms. The number of nitrogens with one attached hydrogen (secondary N) is 1. The molecule has 1 aromatic rings. The van der Waals surface area contributed by atoms with Crippen LogP contribution in [0.3, 0.4) is 0 Å². The molecule has 3 heteroatoms. The van der Waals surface area contributed by atoms with Gasteiger partial charge in [-0.2, -0.15) is 5.26 Å². The minimum atomic E-state index is -0.445. The number of rotatable bonds is 5. The number of nitriles is 1. The van der Waals surface area contributed by atoms with Crippen LogP contribution in [-0.2, 0) is 0 Å². The summed E-state index contributed by atoms with van der Waals surface area (Å²) in [6.07, 6.45) is 0.796. The number of hydrogen-bond donors (Lipinski definition) is 1. The number of nitrogens with zero attached hydrogens (tertiary/aromatic N) is 2. The van der Waals surface area contributed by atoms with E-state index in [4.69, 9.17) is 5.26 Å². The molecule has 0 aliphatic rings. The molecule has 1 unspecified atom stereocenters. The number of anilines is 1. The van der Waals surface area contributed by atoms with Gasteiger partial charge in [0.25, 0.3) is 0 Å². The van der Waals surface area contributed by atoms with Crippen molar-refractivity contribution in [1.29, 1.82) is 5.26 Å². The van der Waals surface area contributed by atoms with Crippen LogP contribution in [0.5, 0.6) is 0 Å². The van der Waals surface area contributed by atoms with Crippen molar-refractivity contribution in [2.45, 2.75) is 25.8 Å². The summed E-state index contributed by atoms with van der Waals surface area (Å²) in [7, 11) is 3.88. The molecule has 0 aliphatic heterocycles. The molecule has 1 rings (SSSR count). The SMILES string of the molecule is CNC(C)(C#N)CCN(C)c1ccc(C)cc1. The fraction of sp³-hybridized carbons (Fsp3) is 0.500. The molecule has 0 radical (unpaired) electrons. The summed E-state index contributed by atoms with van der Waals surface area (Å²) in [5.74, 6) is 0. The van der Waals surface area contributed by atoms with Gasteiger partial charge in [-0.05, 0) is 39.4 Å². The quantitative estimate of drug-likeness (QED) is 0.845. The fourth-order valence-corrected chi connectivity index (χ4v) is 1.56. The van der Waals surface area contributed by atoms with E-state index in [0.29, 0.717) is 0 Å². The molecule has 0 saturated carbocycles. The maximum absolute atomic E-state index is 9.07. The minimum Gasteiger partial charge on any atom is -0.374 e. The zero-order valence-electron chi connectivity index (χ0n) is 11.1. The predicted molar refractivity (Wildman–Crippen MR) is 72.1 cm³/mol. The third-order valence-electron chi connectivity index (χ3n) is 3.22. The lowest BCUT2D eigenvalue weighted by atomic mass is 10.00. The number of hydrogen-bond acceptors (Lipinski definition) is 3. The standard InChI is InChI=1S/C14H21N3/c1-12-5-7-13(8-6-12)17(4)10-9-14(2,11-15)16-3/h5-8,16H,9-10H2,1-4H3. The molecule has 0 aromatic heterocycles. The van der Waals surface area contributed by atoms with E-state index < -0.39 is 5.54 Å². The molecule has 1 atom stereocenters. The van der Waals surface area contributed by atoms with Gasteiger partial charge in [0.15, 0.2) is 0 Å². The third kappa shape index (κ3) is 3.76. The molecule has 0 saturated heterocycles. The first-order chi connectivity index (χ1) is 8.00. The summed E-state index contributed by atoms with van der Waals surface area (Å²) < 4.78 is 0. The molecule has 92 valence electrons. The van der Waals surface area contributed by atoms with Crippen LogP contribution in [-0.4, -0.2) is 26.2 Å². The fourth-order valence-electron chi connectivity index (χ4n) is 1.56. The van der Waals surface area contributed by atoms with Gasteiger partial charge in [-0.1, -0.05) is 17.7 Å². The van der Waals surface area contributed by atoms with E-state index in [9.17, 15) is 0 Å². The Hall–Kier alpha value is -1.53. The predicted octanol–water partition coefficient (Wildman–Crippen LogP) is 2.32. The lowest BCUT2D eigenvalue weighted by molar-refractivity contribution is 0.458. The lowest BCUT2D eigenvalue weighted by Gasteiger charge is -2.26. The molecule has 1 N–H and O–H groups in total. The van der Waals surface area contributed by atoms with Crippen LogP contribution < -0.4 is 10.2 Å². The second-order valence-corrected chi connectivity index (χ2v) is 4.70. The summed E-state index contributed by atoms with van der Waals surface area (Å²) in [6, 6.07) is 10.7. The highest BCUT2D eigenvalue weighted by molar-refractivity contribution is 5.46. The van der Waals surface area contributed by atoms with Crippen molar-refractivity contribution in [3.8, 4) is 6.07 Å². The third-order valence-corrected chi connectivity index (χ3v) is 3.22. The zero-order chi connectivity index (χ0) is 12.9.